The Bertz CT molecular complexity index is 678. The molecule has 0 spiro atoms. The van der Waals surface area contributed by atoms with E-state index in [4.69, 9.17) is 0 Å². The minimum atomic E-state index is -0.379. The topological polar surface area (TPSA) is 67.9 Å². The molecule has 28 heavy (non-hydrogen) atoms. The highest BCUT2D eigenvalue weighted by Gasteiger charge is 2.31. The molecule has 1 atom stereocenters. The number of urea groups is 1. The Balaban J connectivity index is 1.33. The van der Waals surface area contributed by atoms with E-state index >= 15 is 0 Å². The van der Waals surface area contributed by atoms with Gasteiger partial charge in [-0.2, -0.15) is 0 Å². The maximum Gasteiger partial charge on any atom is 0.315 e. The van der Waals surface area contributed by atoms with Crippen molar-refractivity contribution in [1.82, 2.24) is 20.4 Å². The number of likely N-dealkylation sites (N-methyl/N-ethyl adjacent to an activating group) is 1. The van der Waals surface area contributed by atoms with Gasteiger partial charge in [-0.25, -0.2) is 9.18 Å². The zero-order valence-corrected chi connectivity index (χ0v) is 16.5. The van der Waals surface area contributed by atoms with Crippen LogP contribution in [0.5, 0.6) is 0 Å². The summed E-state index contributed by atoms with van der Waals surface area (Å²) in [6, 6.07) is 5.43. The minimum Gasteiger partial charge on any atom is -0.338 e. The fraction of sp³-hybridized carbons (Fsp3) is 0.600. The Morgan fingerprint density at radius 1 is 1.21 bits per heavy atom. The van der Waals surface area contributed by atoms with E-state index in [2.05, 4.69) is 27.4 Å². The normalized spacial score (nSPS) is 21.1. The number of benzene rings is 1. The summed E-state index contributed by atoms with van der Waals surface area (Å²) in [4.78, 5) is 30.7. The molecule has 2 aliphatic rings. The number of hydrogen-bond acceptors (Lipinski definition) is 4. The molecule has 154 valence electrons. The van der Waals surface area contributed by atoms with Gasteiger partial charge in [-0.05, 0) is 37.7 Å². The van der Waals surface area contributed by atoms with E-state index in [0.717, 1.165) is 45.7 Å². The largest absolute Gasteiger partial charge is 0.338 e. The zero-order chi connectivity index (χ0) is 19.9. The fourth-order valence-electron chi connectivity index (χ4n) is 3.77. The van der Waals surface area contributed by atoms with E-state index in [9.17, 15) is 14.0 Å². The van der Waals surface area contributed by atoms with Crippen LogP contribution in [0.15, 0.2) is 24.3 Å². The van der Waals surface area contributed by atoms with Crippen LogP contribution in [0.25, 0.3) is 0 Å². The van der Waals surface area contributed by atoms with Crippen molar-refractivity contribution in [2.75, 3.05) is 57.3 Å². The highest BCUT2D eigenvalue weighted by Crippen LogP contribution is 2.22. The molecule has 2 N–H and O–H groups in total. The third-order valence-electron chi connectivity index (χ3n) is 5.43. The molecule has 2 saturated heterocycles. The van der Waals surface area contributed by atoms with Gasteiger partial charge in [0.25, 0.3) is 0 Å². The molecule has 0 unspecified atom stereocenters. The minimum absolute atomic E-state index is 0.109. The first-order valence-corrected chi connectivity index (χ1v) is 10.1. The zero-order valence-electron chi connectivity index (χ0n) is 16.5. The second-order valence-electron chi connectivity index (χ2n) is 7.41. The Morgan fingerprint density at radius 2 is 1.96 bits per heavy atom. The van der Waals surface area contributed by atoms with Gasteiger partial charge >= 0.3 is 6.03 Å². The lowest BCUT2D eigenvalue weighted by molar-refractivity contribution is -0.117. The molecule has 1 aromatic rings. The summed E-state index contributed by atoms with van der Waals surface area (Å²) in [5, 5.41) is 5.72. The molecular weight excluding hydrogens is 361 g/mol. The predicted molar refractivity (Wildman–Crippen MR) is 107 cm³/mol. The Hall–Kier alpha value is -2.19. The van der Waals surface area contributed by atoms with Gasteiger partial charge in [0.15, 0.2) is 0 Å². The summed E-state index contributed by atoms with van der Waals surface area (Å²) < 4.78 is 13.4. The molecule has 0 aromatic heterocycles. The summed E-state index contributed by atoms with van der Waals surface area (Å²) in [5.41, 5.74) is 0.526. The van der Waals surface area contributed by atoms with Gasteiger partial charge in [0.1, 0.15) is 5.82 Å². The van der Waals surface area contributed by atoms with Crippen LogP contribution in [0.4, 0.5) is 14.9 Å². The molecular formula is C20H30FN5O2. The number of carbonyl (C=O) groups excluding carboxylic acids is 2. The molecule has 3 amide bonds. The van der Waals surface area contributed by atoms with E-state index in [1.165, 1.54) is 17.0 Å². The van der Waals surface area contributed by atoms with Crippen molar-refractivity contribution in [3.63, 3.8) is 0 Å². The highest BCUT2D eigenvalue weighted by molar-refractivity contribution is 5.96. The second-order valence-corrected chi connectivity index (χ2v) is 7.41. The van der Waals surface area contributed by atoms with Gasteiger partial charge in [0.2, 0.25) is 5.91 Å². The lowest BCUT2D eigenvalue weighted by Crippen LogP contribution is -2.47. The van der Waals surface area contributed by atoms with Crippen LogP contribution < -0.4 is 15.5 Å². The Labute approximate surface area is 165 Å². The first kappa shape index (κ1) is 20.5. The van der Waals surface area contributed by atoms with Gasteiger partial charge in [-0.15, -0.1) is 0 Å². The molecule has 0 radical (unpaired) electrons. The number of anilines is 1. The number of piperazine rings is 1. The first-order chi connectivity index (χ1) is 13.5. The van der Waals surface area contributed by atoms with Crippen molar-refractivity contribution in [3.05, 3.63) is 30.1 Å². The Morgan fingerprint density at radius 3 is 2.68 bits per heavy atom. The van der Waals surface area contributed by atoms with Crippen molar-refractivity contribution in [2.45, 2.75) is 25.8 Å². The van der Waals surface area contributed by atoms with E-state index in [1.807, 2.05) is 0 Å². The van der Waals surface area contributed by atoms with Gasteiger partial charge in [-0.1, -0.05) is 13.0 Å². The van der Waals surface area contributed by atoms with E-state index in [0.29, 0.717) is 18.8 Å². The molecule has 0 aliphatic carbocycles. The van der Waals surface area contributed by atoms with Gasteiger partial charge < -0.3 is 25.3 Å². The number of halogens is 1. The molecule has 2 fully saturated rings. The van der Waals surface area contributed by atoms with Crippen molar-refractivity contribution >= 4 is 17.6 Å². The molecule has 1 aromatic carbocycles. The number of amides is 3. The number of carbonyl (C=O) groups is 2. The molecule has 3 rings (SSSR count). The molecule has 8 heteroatoms. The maximum absolute atomic E-state index is 13.4. The Kier molecular flexibility index (Phi) is 7.22. The van der Waals surface area contributed by atoms with E-state index in [-0.39, 0.29) is 30.2 Å². The van der Waals surface area contributed by atoms with Crippen LogP contribution in [0.3, 0.4) is 0 Å². The average Bonchev–Trinajstić information content (AvgIpc) is 3.05. The average molecular weight is 391 g/mol. The van der Waals surface area contributed by atoms with E-state index in [1.54, 1.807) is 12.1 Å². The van der Waals surface area contributed by atoms with Crippen LogP contribution in [-0.4, -0.2) is 80.1 Å². The number of nitrogens with one attached hydrogen (secondary N) is 2. The summed E-state index contributed by atoms with van der Waals surface area (Å²) >= 11 is 0. The predicted octanol–water partition coefficient (Wildman–Crippen LogP) is 1.26. The third kappa shape index (κ3) is 5.65. The molecule has 2 heterocycles. The van der Waals surface area contributed by atoms with Crippen LogP contribution >= 0.6 is 0 Å². The van der Waals surface area contributed by atoms with Crippen molar-refractivity contribution < 1.29 is 14.0 Å². The second kappa shape index (κ2) is 9.84. The van der Waals surface area contributed by atoms with Crippen LogP contribution in [0.2, 0.25) is 0 Å². The summed E-state index contributed by atoms with van der Waals surface area (Å²) in [5.74, 6) is -0.488. The van der Waals surface area contributed by atoms with Crippen LogP contribution in [0, 0.1) is 5.82 Å². The summed E-state index contributed by atoms with van der Waals surface area (Å²) in [7, 11) is 0. The van der Waals surface area contributed by atoms with Gasteiger partial charge in [-0.3, -0.25) is 4.79 Å². The summed E-state index contributed by atoms with van der Waals surface area (Å²) in [6.07, 6.45) is 1.13. The van der Waals surface area contributed by atoms with Crippen LogP contribution in [-0.2, 0) is 4.79 Å². The molecule has 7 nitrogen and oxygen atoms in total. The molecule has 0 saturated carbocycles. The first-order valence-electron chi connectivity index (χ1n) is 10.1. The number of hydrogen-bond donors (Lipinski definition) is 2. The SMILES string of the molecule is CCN1CCN(CCCNC(=O)N[C@@H]2CC(=O)N(c3cccc(F)c3)C2)CC1. The van der Waals surface area contributed by atoms with Crippen molar-refractivity contribution in [3.8, 4) is 0 Å². The monoisotopic (exact) mass is 391 g/mol. The maximum atomic E-state index is 13.4. The lowest BCUT2D eigenvalue weighted by Gasteiger charge is -2.33. The highest BCUT2D eigenvalue weighted by atomic mass is 19.1. The number of rotatable bonds is 7. The quantitative estimate of drug-likeness (QED) is 0.687. The van der Waals surface area contributed by atoms with Crippen LogP contribution in [0.1, 0.15) is 19.8 Å². The molecule has 2 aliphatic heterocycles. The molecule has 0 bridgehead atoms. The van der Waals surface area contributed by atoms with Crippen molar-refractivity contribution in [1.29, 1.82) is 0 Å². The summed E-state index contributed by atoms with van der Waals surface area (Å²) in [6.45, 7) is 9.63. The lowest BCUT2D eigenvalue weighted by atomic mass is 10.2. The van der Waals surface area contributed by atoms with Crippen molar-refractivity contribution in [2.24, 2.45) is 0 Å². The van der Waals surface area contributed by atoms with E-state index < -0.39 is 0 Å². The standard InChI is InChI=1S/C20H30FN5O2/c1-2-24-9-11-25(12-10-24)8-4-7-22-20(28)23-17-14-19(27)26(15-17)18-6-3-5-16(21)13-18/h3,5-6,13,17H,2,4,7-12,14-15H2,1H3,(H2,22,23,28)/t17-/m1/s1. The third-order valence-corrected chi connectivity index (χ3v) is 5.43. The van der Waals surface area contributed by atoms with Gasteiger partial charge in [0, 0.05) is 51.4 Å². The smallest absolute Gasteiger partial charge is 0.315 e. The fourth-order valence-corrected chi connectivity index (χ4v) is 3.77. The van der Waals surface area contributed by atoms with Gasteiger partial charge in [0.05, 0.1) is 6.04 Å². The number of nitrogens with zero attached hydrogens (tertiary/aromatic N) is 3.